The summed E-state index contributed by atoms with van der Waals surface area (Å²) in [4.78, 5) is 28.0. The van der Waals surface area contributed by atoms with E-state index in [0.29, 0.717) is 19.4 Å². The molecule has 144 valence electrons. The fourth-order valence-electron chi connectivity index (χ4n) is 2.97. The average molecular weight is 383 g/mol. The number of nitrogens with zero attached hydrogens (tertiary/aromatic N) is 1. The first kappa shape index (κ1) is 20.3. The van der Waals surface area contributed by atoms with E-state index in [2.05, 4.69) is 15.6 Å². The third-order valence-corrected chi connectivity index (χ3v) is 5.35. The number of carbonyl (C=O) groups excluding carboxylic acids is 2. The van der Waals surface area contributed by atoms with Gasteiger partial charge in [0.1, 0.15) is 9.84 Å². The van der Waals surface area contributed by atoms with Gasteiger partial charge in [-0.15, -0.1) is 0 Å². The van der Waals surface area contributed by atoms with Crippen LogP contribution in [0.15, 0.2) is 24.5 Å². The van der Waals surface area contributed by atoms with Crippen LogP contribution < -0.4 is 10.6 Å². The molecule has 0 spiro atoms. The molecule has 2 rings (SSSR count). The average Bonchev–Trinajstić information content (AvgIpc) is 2.94. The summed E-state index contributed by atoms with van der Waals surface area (Å²) in [5, 5.41) is 15.5. The molecule has 1 aliphatic carbocycles. The molecule has 2 amide bonds. The number of rotatable bonds is 8. The molecular weight excluding hydrogens is 358 g/mol. The van der Waals surface area contributed by atoms with Gasteiger partial charge in [0.2, 0.25) is 11.8 Å². The molecule has 1 aromatic rings. The van der Waals surface area contributed by atoms with E-state index in [-0.39, 0.29) is 30.4 Å². The van der Waals surface area contributed by atoms with E-state index >= 15 is 0 Å². The number of hydrogen-bond acceptors (Lipinski definition) is 6. The predicted molar refractivity (Wildman–Crippen MR) is 95.9 cm³/mol. The lowest BCUT2D eigenvalue weighted by Gasteiger charge is -2.16. The van der Waals surface area contributed by atoms with Crippen LogP contribution in [0, 0.1) is 5.92 Å². The highest BCUT2D eigenvalue weighted by Crippen LogP contribution is 2.26. The molecule has 1 aromatic heterocycles. The number of nitrogens with one attached hydrogen (secondary N) is 2. The second kappa shape index (κ2) is 9.09. The molecule has 0 aromatic carbocycles. The number of aromatic nitrogens is 1. The Balaban J connectivity index is 1.74. The van der Waals surface area contributed by atoms with Crippen molar-refractivity contribution < 1.29 is 23.1 Å². The first-order valence-corrected chi connectivity index (χ1v) is 10.6. The molecule has 3 atom stereocenters. The van der Waals surface area contributed by atoms with Crippen LogP contribution in [-0.2, 0) is 25.8 Å². The maximum atomic E-state index is 12.2. The van der Waals surface area contributed by atoms with Gasteiger partial charge in [0.25, 0.3) is 0 Å². The van der Waals surface area contributed by atoms with Crippen LogP contribution in [0.4, 0.5) is 0 Å². The molecule has 9 heteroatoms. The summed E-state index contributed by atoms with van der Waals surface area (Å²) in [5.74, 6) is -1.19. The summed E-state index contributed by atoms with van der Waals surface area (Å²) in [6.45, 7) is 0.487. The molecule has 0 radical (unpaired) electrons. The van der Waals surface area contributed by atoms with Gasteiger partial charge in [-0.05, 0) is 37.0 Å². The van der Waals surface area contributed by atoms with E-state index in [9.17, 15) is 23.1 Å². The minimum Gasteiger partial charge on any atom is -0.391 e. The normalized spacial score (nSPS) is 22.8. The smallest absolute Gasteiger partial charge is 0.223 e. The van der Waals surface area contributed by atoms with E-state index in [0.717, 1.165) is 11.8 Å². The molecule has 0 saturated heterocycles. The molecule has 3 N–H and O–H groups in total. The minimum absolute atomic E-state index is 0.147. The first-order chi connectivity index (χ1) is 12.2. The van der Waals surface area contributed by atoms with Crippen LogP contribution in [0.1, 0.15) is 24.8 Å². The summed E-state index contributed by atoms with van der Waals surface area (Å²) < 4.78 is 22.2. The van der Waals surface area contributed by atoms with Crippen molar-refractivity contribution in [2.24, 2.45) is 5.92 Å². The van der Waals surface area contributed by atoms with Gasteiger partial charge >= 0.3 is 0 Å². The summed E-state index contributed by atoms with van der Waals surface area (Å²) >= 11 is 0. The lowest BCUT2D eigenvalue weighted by Crippen LogP contribution is -2.40. The zero-order valence-corrected chi connectivity index (χ0v) is 15.5. The number of aliphatic hydroxyl groups excluding tert-OH is 1. The van der Waals surface area contributed by atoms with E-state index < -0.39 is 27.9 Å². The Hall–Kier alpha value is -2.00. The van der Waals surface area contributed by atoms with Gasteiger partial charge in [-0.25, -0.2) is 8.42 Å². The number of amides is 2. The topological polar surface area (TPSA) is 125 Å². The number of pyridine rings is 1. The fraction of sp³-hybridized carbons (Fsp3) is 0.588. The van der Waals surface area contributed by atoms with Gasteiger partial charge in [0, 0.05) is 37.5 Å². The van der Waals surface area contributed by atoms with Crippen molar-refractivity contribution in [3.8, 4) is 0 Å². The molecule has 1 saturated carbocycles. The minimum atomic E-state index is -3.22. The Bertz CT molecular complexity index is 723. The molecule has 0 bridgehead atoms. The van der Waals surface area contributed by atoms with Crippen LogP contribution >= 0.6 is 0 Å². The largest absolute Gasteiger partial charge is 0.391 e. The zero-order valence-electron chi connectivity index (χ0n) is 14.7. The fourth-order valence-corrected chi connectivity index (χ4v) is 3.52. The summed E-state index contributed by atoms with van der Waals surface area (Å²) in [7, 11) is -3.22. The number of aliphatic hydroxyl groups is 1. The highest BCUT2D eigenvalue weighted by molar-refractivity contribution is 7.90. The molecule has 8 nitrogen and oxygen atoms in total. The quantitative estimate of drug-likeness (QED) is 0.552. The molecular formula is C17H25N3O5S. The van der Waals surface area contributed by atoms with Crippen molar-refractivity contribution >= 4 is 21.7 Å². The van der Waals surface area contributed by atoms with Crippen molar-refractivity contribution in [3.63, 3.8) is 0 Å². The van der Waals surface area contributed by atoms with Gasteiger partial charge < -0.3 is 15.7 Å². The number of carbonyl (C=O) groups is 2. The van der Waals surface area contributed by atoms with Gasteiger partial charge in [-0.1, -0.05) is 0 Å². The van der Waals surface area contributed by atoms with Gasteiger partial charge in [-0.3, -0.25) is 14.6 Å². The van der Waals surface area contributed by atoms with Gasteiger partial charge in [0.05, 0.1) is 17.9 Å². The van der Waals surface area contributed by atoms with E-state index in [4.69, 9.17) is 0 Å². The summed E-state index contributed by atoms with van der Waals surface area (Å²) in [6, 6.07) is 3.24. The molecule has 0 unspecified atom stereocenters. The number of sulfone groups is 1. The van der Waals surface area contributed by atoms with Gasteiger partial charge in [-0.2, -0.15) is 0 Å². The van der Waals surface area contributed by atoms with Crippen LogP contribution in [0.2, 0.25) is 0 Å². The Morgan fingerprint density at radius 1 is 1.27 bits per heavy atom. The highest BCUT2D eigenvalue weighted by atomic mass is 32.2. The van der Waals surface area contributed by atoms with E-state index in [1.54, 1.807) is 12.4 Å². The lowest BCUT2D eigenvalue weighted by atomic mass is 10.1. The SMILES string of the molecule is CS(=O)(=O)CCC(=O)N[C@H]1C[C@H](C(=O)NCCc2ccncc2)C[C@@H]1O. The van der Waals surface area contributed by atoms with Crippen LogP contribution in [0.25, 0.3) is 0 Å². The van der Waals surface area contributed by atoms with E-state index in [1.807, 2.05) is 12.1 Å². The summed E-state index contributed by atoms with van der Waals surface area (Å²) in [5.41, 5.74) is 1.07. The molecule has 1 fully saturated rings. The maximum absolute atomic E-state index is 12.2. The second-order valence-electron chi connectivity index (χ2n) is 6.69. The third kappa shape index (κ3) is 6.72. The predicted octanol–water partition coefficient (Wildman–Crippen LogP) is -0.569. The van der Waals surface area contributed by atoms with Crippen LogP contribution in [-0.4, -0.2) is 61.0 Å². The zero-order chi connectivity index (χ0) is 19.2. The Kier molecular flexibility index (Phi) is 7.10. The molecule has 0 aliphatic heterocycles. The molecule has 26 heavy (non-hydrogen) atoms. The van der Waals surface area contributed by atoms with Crippen LogP contribution in [0.3, 0.4) is 0 Å². The van der Waals surface area contributed by atoms with Crippen LogP contribution in [0.5, 0.6) is 0 Å². The molecule has 1 aliphatic rings. The Morgan fingerprint density at radius 2 is 1.96 bits per heavy atom. The monoisotopic (exact) mass is 383 g/mol. The standard InChI is InChI=1S/C17H25N3O5S/c1-26(24,25)9-5-16(22)20-14-10-13(11-15(14)21)17(23)19-8-4-12-2-6-18-7-3-12/h2-3,6-7,13-15,21H,4-5,8-11H2,1H3,(H,19,23)(H,20,22)/t13-,14-,15-/m0/s1. The maximum Gasteiger partial charge on any atom is 0.223 e. The van der Waals surface area contributed by atoms with E-state index in [1.165, 1.54) is 0 Å². The summed E-state index contributed by atoms with van der Waals surface area (Å²) in [6.07, 6.45) is 4.80. The van der Waals surface area contributed by atoms with Crippen molar-refractivity contribution in [1.29, 1.82) is 0 Å². The van der Waals surface area contributed by atoms with Crippen molar-refractivity contribution in [2.75, 3.05) is 18.6 Å². The Morgan fingerprint density at radius 3 is 2.62 bits per heavy atom. The number of hydrogen-bond donors (Lipinski definition) is 3. The molecule has 1 heterocycles. The van der Waals surface area contributed by atoms with Gasteiger partial charge in [0.15, 0.2) is 0 Å². The highest BCUT2D eigenvalue weighted by Gasteiger charge is 2.37. The van der Waals surface area contributed by atoms with Crippen molar-refractivity contribution in [2.45, 2.75) is 37.8 Å². The first-order valence-electron chi connectivity index (χ1n) is 8.56. The third-order valence-electron chi connectivity index (χ3n) is 4.41. The Labute approximate surface area is 153 Å². The lowest BCUT2D eigenvalue weighted by molar-refractivity contribution is -0.125. The van der Waals surface area contributed by atoms with Crippen molar-refractivity contribution in [3.05, 3.63) is 30.1 Å². The second-order valence-corrected chi connectivity index (χ2v) is 8.95. The van der Waals surface area contributed by atoms with Crippen molar-refractivity contribution in [1.82, 2.24) is 15.6 Å².